The first-order valence-corrected chi connectivity index (χ1v) is 5.83. The number of ether oxygens (including phenoxy) is 1. The van der Waals surface area contributed by atoms with Gasteiger partial charge in [0.15, 0.2) is 0 Å². The largest absolute Gasteiger partial charge is 0.456 e. The molecule has 2 heterocycles. The second kappa shape index (κ2) is 3.61. The van der Waals surface area contributed by atoms with Gasteiger partial charge in [0, 0.05) is 18.0 Å². The molecular formula is C11H15NO2S. The summed E-state index contributed by atoms with van der Waals surface area (Å²) in [4.78, 5) is 13.7. The molecule has 1 aromatic rings. The standard InChI is InChI=1S/C11H15NO2S/c1-11(2,3)14-10(13)8-4-7-5-12-6-9(7)15-8/h4,12H,5-6H2,1-3H3. The van der Waals surface area contributed by atoms with Gasteiger partial charge < -0.3 is 10.1 Å². The maximum atomic E-state index is 11.7. The maximum Gasteiger partial charge on any atom is 0.348 e. The number of esters is 1. The second-order valence-corrected chi connectivity index (χ2v) is 5.80. The van der Waals surface area contributed by atoms with Gasteiger partial charge in [-0.1, -0.05) is 0 Å². The van der Waals surface area contributed by atoms with Crippen molar-refractivity contribution in [2.75, 3.05) is 0 Å². The van der Waals surface area contributed by atoms with E-state index in [9.17, 15) is 4.79 Å². The topological polar surface area (TPSA) is 38.3 Å². The van der Waals surface area contributed by atoms with Crippen molar-refractivity contribution < 1.29 is 9.53 Å². The van der Waals surface area contributed by atoms with Gasteiger partial charge in [0.05, 0.1) is 0 Å². The summed E-state index contributed by atoms with van der Waals surface area (Å²) >= 11 is 1.53. The number of carbonyl (C=O) groups is 1. The zero-order valence-corrected chi connectivity index (χ0v) is 10.0. The molecule has 0 saturated heterocycles. The van der Waals surface area contributed by atoms with Gasteiger partial charge in [-0.05, 0) is 32.4 Å². The molecule has 4 heteroatoms. The average molecular weight is 225 g/mol. The molecule has 0 radical (unpaired) electrons. The summed E-state index contributed by atoms with van der Waals surface area (Å²) in [6, 6.07) is 1.94. The predicted molar refractivity (Wildman–Crippen MR) is 60.0 cm³/mol. The fourth-order valence-electron chi connectivity index (χ4n) is 1.51. The molecule has 0 fully saturated rings. The number of hydrogen-bond donors (Lipinski definition) is 1. The van der Waals surface area contributed by atoms with Gasteiger partial charge in [0.2, 0.25) is 0 Å². The van der Waals surface area contributed by atoms with Crippen LogP contribution in [0, 0.1) is 0 Å². The van der Waals surface area contributed by atoms with Gasteiger partial charge >= 0.3 is 5.97 Å². The molecule has 1 aliphatic heterocycles. The average Bonchev–Trinajstić information content (AvgIpc) is 2.56. The Morgan fingerprint density at radius 3 is 2.80 bits per heavy atom. The minimum Gasteiger partial charge on any atom is -0.456 e. The number of carbonyl (C=O) groups excluding carboxylic acids is 1. The molecular weight excluding hydrogens is 210 g/mol. The quantitative estimate of drug-likeness (QED) is 0.745. The van der Waals surface area contributed by atoms with Gasteiger partial charge in [-0.25, -0.2) is 4.79 Å². The Labute approximate surface area is 93.4 Å². The third-order valence-electron chi connectivity index (χ3n) is 2.10. The third kappa shape index (κ3) is 2.38. The van der Waals surface area contributed by atoms with Crippen molar-refractivity contribution in [2.24, 2.45) is 0 Å². The Kier molecular flexibility index (Phi) is 2.56. The van der Waals surface area contributed by atoms with Crippen LogP contribution in [-0.4, -0.2) is 11.6 Å². The van der Waals surface area contributed by atoms with Crippen molar-refractivity contribution in [3.05, 3.63) is 21.4 Å². The molecule has 0 unspecified atom stereocenters. The normalized spacial score (nSPS) is 15.1. The SMILES string of the molecule is CC(C)(C)OC(=O)c1cc2c(s1)CNC2. The van der Waals surface area contributed by atoms with Crippen LogP contribution in [0.15, 0.2) is 6.07 Å². The first-order valence-electron chi connectivity index (χ1n) is 5.01. The molecule has 1 N–H and O–H groups in total. The van der Waals surface area contributed by atoms with Gasteiger partial charge in [0.1, 0.15) is 10.5 Å². The predicted octanol–water partition coefficient (Wildman–Crippen LogP) is 2.31. The van der Waals surface area contributed by atoms with Crippen LogP contribution in [0.4, 0.5) is 0 Å². The monoisotopic (exact) mass is 225 g/mol. The van der Waals surface area contributed by atoms with E-state index in [2.05, 4.69) is 5.32 Å². The Bertz CT molecular complexity index is 368. The van der Waals surface area contributed by atoms with Crippen LogP contribution >= 0.6 is 11.3 Å². The number of fused-ring (bicyclic) bond motifs is 1. The van der Waals surface area contributed by atoms with Crippen molar-refractivity contribution in [1.29, 1.82) is 0 Å². The van der Waals surface area contributed by atoms with E-state index in [4.69, 9.17) is 4.74 Å². The molecule has 0 spiro atoms. The van der Waals surface area contributed by atoms with E-state index >= 15 is 0 Å². The highest BCUT2D eigenvalue weighted by Gasteiger charge is 2.22. The highest BCUT2D eigenvalue weighted by atomic mass is 32.1. The summed E-state index contributed by atoms with van der Waals surface area (Å²) < 4.78 is 5.31. The van der Waals surface area contributed by atoms with E-state index in [0.717, 1.165) is 18.0 Å². The van der Waals surface area contributed by atoms with Gasteiger partial charge in [-0.15, -0.1) is 11.3 Å². The first-order chi connectivity index (χ1) is 6.96. The molecule has 0 aromatic carbocycles. The lowest BCUT2D eigenvalue weighted by Crippen LogP contribution is -2.23. The second-order valence-electron chi connectivity index (χ2n) is 4.66. The lowest BCUT2D eigenvalue weighted by molar-refractivity contribution is 0.00751. The van der Waals surface area contributed by atoms with Gasteiger partial charge in [-0.3, -0.25) is 0 Å². The first kappa shape index (κ1) is 10.6. The molecule has 0 saturated carbocycles. The van der Waals surface area contributed by atoms with Crippen molar-refractivity contribution in [3.63, 3.8) is 0 Å². The molecule has 1 aromatic heterocycles. The minimum atomic E-state index is -0.413. The molecule has 3 nitrogen and oxygen atoms in total. The van der Waals surface area contributed by atoms with E-state index in [-0.39, 0.29) is 5.97 Å². The van der Waals surface area contributed by atoms with Gasteiger partial charge in [0.25, 0.3) is 0 Å². The van der Waals surface area contributed by atoms with Crippen LogP contribution in [-0.2, 0) is 17.8 Å². The Hall–Kier alpha value is -0.870. The molecule has 1 aliphatic rings. The summed E-state index contributed by atoms with van der Waals surface area (Å²) in [7, 11) is 0. The van der Waals surface area contributed by atoms with E-state index in [1.54, 1.807) is 0 Å². The maximum absolute atomic E-state index is 11.7. The van der Waals surface area contributed by atoms with E-state index in [1.165, 1.54) is 21.8 Å². The van der Waals surface area contributed by atoms with Crippen LogP contribution in [0.2, 0.25) is 0 Å². The zero-order chi connectivity index (χ0) is 11.1. The van der Waals surface area contributed by atoms with Crippen molar-refractivity contribution in [1.82, 2.24) is 5.32 Å². The third-order valence-corrected chi connectivity index (χ3v) is 3.26. The van der Waals surface area contributed by atoms with Crippen LogP contribution < -0.4 is 5.32 Å². The fourth-order valence-corrected chi connectivity index (χ4v) is 2.53. The van der Waals surface area contributed by atoms with Crippen LogP contribution in [0.1, 0.15) is 40.9 Å². The highest BCUT2D eigenvalue weighted by Crippen LogP contribution is 2.27. The molecule has 82 valence electrons. The summed E-state index contributed by atoms with van der Waals surface area (Å²) in [5, 5.41) is 3.24. The van der Waals surface area contributed by atoms with Crippen molar-refractivity contribution in [2.45, 2.75) is 39.5 Å². The fraction of sp³-hybridized carbons (Fsp3) is 0.545. The van der Waals surface area contributed by atoms with E-state index < -0.39 is 5.60 Å². The highest BCUT2D eigenvalue weighted by molar-refractivity contribution is 7.14. The smallest absolute Gasteiger partial charge is 0.348 e. The van der Waals surface area contributed by atoms with Gasteiger partial charge in [-0.2, -0.15) is 0 Å². The molecule has 15 heavy (non-hydrogen) atoms. The summed E-state index contributed by atoms with van der Waals surface area (Å²) in [6.45, 7) is 7.40. The van der Waals surface area contributed by atoms with Crippen molar-refractivity contribution in [3.8, 4) is 0 Å². The zero-order valence-electron chi connectivity index (χ0n) is 9.22. The molecule has 0 aliphatic carbocycles. The summed E-state index contributed by atoms with van der Waals surface area (Å²) in [5.41, 5.74) is 0.824. The Balaban J connectivity index is 2.13. The molecule has 0 atom stereocenters. The van der Waals surface area contributed by atoms with Crippen LogP contribution in [0.3, 0.4) is 0 Å². The van der Waals surface area contributed by atoms with E-state index in [1.807, 2.05) is 26.8 Å². The number of hydrogen-bond acceptors (Lipinski definition) is 4. The summed E-state index contributed by atoms with van der Waals surface area (Å²) in [5.74, 6) is -0.207. The Morgan fingerprint density at radius 2 is 2.20 bits per heavy atom. The number of nitrogens with one attached hydrogen (secondary N) is 1. The van der Waals surface area contributed by atoms with E-state index in [0.29, 0.717) is 0 Å². The lowest BCUT2D eigenvalue weighted by Gasteiger charge is -2.18. The molecule has 2 rings (SSSR count). The minimum absolute atomic E-state index is 0.207. The molecule has 0 bridgehead atoms. The van der Waals surface area contributed by atoms with Crippen LogP contribution in [0.25, 0.3) is 0 Å². The number of thiophene rings is 1. The van der Waals surface area contributed by atoms with Crippen molar-refractivity contribution >= 4 is 17.3 Å². The lowest BCUT2D eigenvalue weighted by atomic mass is 10.2. The van der Waals surface area contributed by atoms with Crippen LogP contribution in [0.5, 0.6) is 0 Å². The molecule has 0 amide bonds. The number of rotatable bonds is 1. The summed E-state index contributed by atoms with van der Waals surface area (Å²) in [6.07, 6.45) is 0. The Morgan fingerprint density at radius 1 is 1.47 bits per heavy atom.